The Kier molecular flexibility index (Phi) is 9.52. The molecule has 7 nitrogen and oxygen atoms in total. The largest absolute Gasteiger partial charge is 0.352 e. The maximum Gasteiger partial charge on any atom is 0.244 e. The van der Waals surface area contributed by atoms with Crippen LogP contribution in [0.5, 0.6) is 0 Å². The number of hydrogen-bond donors (Lipinski definition) is 1. The second kappa shape index (κ2) is 13.0. The maximum absolute atomic E-state index is 14.0. The van der Waals surface area contributed by atoms with E-state index in [1.807, 2.05) is 30.3 Å². The van der Waals surface area contributed by atoms with Gasteiger partial charge in [0.15, 0.2) is 0 Å². The number of benzene rings is 3. The van der Waals surface area contributed by atoms with E-state index >= 15 is 0 Å². The third-order valence-electron chi connectivity index (χ3n) is 7.01. The van der Waals surface area contributed by atoms with Gasteiger partial charge in [-0.05, 0) is 54.3 Å². The van der Waals surface area contributed by atoms with Gasteiger partial charge >= 0.3 is 0 Å². The molecular formula is C30H33F2N3O4S. The molecule has 3 aromatic carbocycles. The van der Waals surface area contributed by atoms with Crippen molar-refractivity contribution in [1.29, 1.82) is 0 Å². The topological polar surface area (TPSA) is 86.8 Å². The van der Waals surface area contributed by atoms with Crippen molar-refractivity contribution < 1.29 is 26.8 Å². The lowest BCUT2D eigenvalue weighted by Crippen LogP contribution is -2.54. The minimum absolute atomic E-state index is 0.00615. The molecule has 0 saturated heterocycles. The lowest BCUT2D eigenvalue weighted by atomic mass is 10.0. The number of carbonyl (C=O) groups is 2. The molecule has 40 heavy (non-hydrogen) atoms. The van der Waals surface area contributed by atoms with Crippen LogP contribution in [0.2, 0.25) is 0 Å². The molecule has 1 unspecified atom stereocenters. The first-order valence-electron chi connectivity index (χ1n) is 13.2. The van der Waals surface area contributed by atoms with Gasteiger partial charge < -0.3 is 10.2 Å². The molecule has 3 aromatic rings. The number of nitrogens with one attached hydrogen (secondary N) is 1. The normalized spacial score (nSPS) is 14.5. The molecular weight excluding hydrogens is 536 g/mol. The fourth-order valence-electron chi connectivity index (χ4n) is 4.95. The van der Waals surface area contributed by atoms with Crippen molar-refractivity contribution >= 4 is 27.5 Å². The van der Waals surface area contributed by atoms with Gasteiger partial charge in [-0.15, -0.1) is 0 Å². The lowest BCUT2D eigenvalue weighted by Gasteiger charge is -2.34. The highest BCUT2D eigenvalue weighted by molar-refractivity contribution is 7.92. The highest BCUT2D eigenvalue weighted by atomic mass is 32.2. The second-order valence-electron chi connectivity index (χ2n) is 10.1. The van der Waals surface area contributed by atoms with E-state index in [1.165, 1.54) is 47.4 Å². The summed E-state index contributed by atoms with van der Waals surface area (Å²) in [6, 6.07) is 18.8. The van der Waals surface area contributed by atoms with Crippen LogP contribution in [-0.2, 0) is 32.6 Å². The van der Waals surface area contributed by atoms with E-state index in [0.717, 1.165) is 47.9 Å². The van der Waals surface area contributed by atoms with Gasteiger partial charge in [-0.1, -0.05) is 61.4 Å². The van der Waals surface area contributed by atoms with Gasteiger partial charge in [-0.2, -0.15) is 0 Å². The molecule has 0 aromatic heterocycles. The monoisotopic (exact) mass is 569 g/mol. The van der Waals surface area contributed by atoms with E-state index in [9.17, 15) is 26.8 Å². The smallest absolute Gasteiger partial charge is 0.244 e. The standard InChI is InChI=1S/C30H33F2N3O4S/c1-40(38,39)35(27-13-7-10-25(32)19-27)21-29(36)34(20-23-14-16-24(31)17-15-23)28(18-22-8-3-2-4-9-22)30(37)33-26-11-5-6-12-26/h2-4,7-10,13-17,19,26,28H,5-6,11-12,18,20-21H2,1H3,(H,33,37). The van der Waals surface area contributed by atoms with Crippen molar-refractivity contribution in [3.8, 4) is 0 Å². The van der Waals surface area contributed by atoms with E-state index in [-0.39, 0.29) is 30.6 Å². The average Bonchev–Trinajstić information content (AvgIpc) is 3.43. The molecule has 10 heteroatoms. The third kappa shape index (κ3) is 7.88. The summed E-state index contributed by atoms with van der Waals surface area (Å²) in [4.78, 5) is 29.1. The molecule has 0 aliphatic heterocycles. The van der Waals surface area contributed by atoms with E-state index in [0.29, 0.717) is 5.56 Å². The molecule has 1 saturated carbocycles. The Morgan fingerprint density at radius 3 is 2.20 bits per heavy atom. The molecule has 4 rings (SSSR count). The van der Waals surface area contributed by atoms with Crippen LogP contribution in [0.3, 0.4) is 0 Å². The highest BCUT2D eigenvalue weighted by Crippen LogP contribution is 2.22. The number of amides is 2. The van der Waals surface area contributed by atoms with Gasteiger partial charge in [0.2, 0.25) is 21.8 Å². The number of nitrogens with zero attached hydrogens (tertiary/aromatic N) is 2. The van der Waals surface area contributed by atoms with Crippen molar-refractivity contribution in [2.45, 2.75) is 50.7 Å². The fraction of sp³-hybridized carbons (Fsp3) is 0.333. The Bertz CT molecular complexity index is 1410. The summed E-state index contributed by atoms with van der Waals surface area (Å²) in [6.07, 6.45) is 4.82. The first-order valence-corrected chi connectivity index (χ1v) is 15.1. The minimum atomic E-state index is -4.00. The highest BCUT2D eigenvalue weighted by Gasteiger charge is 2.34. The SMILES string of the molecule is CS(=O)(=O)N(CC(=O)N(Cc1ccc(F)cc1)C(Cc1ccccc1)C(=O)NC1CCCC1)c1cccc(F)c1. The predicted octanol–water partition coefficient (Wildman–Crippen LogP) is 4.43. The number of anilines is 1. The van der Waals surface area contributed by atoms with E-state index in [1.54, 1.807) is 0 Å². The van der Waals surface area contributed by atoms with Crippen molar-refractivity contribution in [1.82, 2.24) is 10.2 Å². The second-order valence-corrected chi connectivity index (χ2v) is 12.0. The minimum Gasteiger partial charge on any atom is -0.352 e. The molecule has 0 radical (unpaired) electrons. The van der Waals surface area contributed by atoms with Crippen LogP contribution in [0.15, 0.2) is 78.9 Å². The molecule has 212 valence electrons. The van der Waals surface area contributed by atoms with Crippen molar-refractivity contribution in [3.63, 3.8) is 0 Å². The van der Waals surface area contributed by atoms with Crippen LogP contribution < -0.4 is 9.62 Å². The first kappa shape index (κ1) is 29.2. The van der Waals surface area contributed by atoms with Crippen LogP contribution >= 0.6 is 0 Å². The molecule has 1 fully saturated rings. The van der Waals surface area contributed by atoms with Gasteiger partial charge in [0, 0.05) is 19.0 Å². The van der Waals surface area contributed by atoms with Gasteiger partial charge in [-0.25, -0.2) is 17.2 Å². The zero-order chi connectivity index (χ0) is 28.7. The molecule has 1 aliphatic rings. The summed E-state index contributed by atoms with van der Waals surface area (Å²) in [5.74, 6) is -2.10. The molecule has 1 atom stereocenters. The van der Waals surface area contributed by atoms with Crippen LogP contribution in [-0.4, -0.2) is 50.0 Å². The van der Waals surface area contributed by atoms with Crippen molar-refractivity contribution in [3.05, 3.63) is 102 Å². The number of hydrogen-bond acceptors (Lipinski definition) is 4. The van der Waals surface area contributed by atoms with Gasteiger partial charge in [0.05, 0.1) is 11.9 Å². The zero-order valence-corrected chi connectivity index (χ0v) is 23.1. The van der Waals surface area contributed by atoms with E-state index < -0.39 is 40.2 Å². The van der Waals surface area contributed by atoms with Gasteiger partial charge in [0.25, 0.3) is 0 Å². The number of rotatable bonds is 11. The van der Waals surface area contributed by atoms with E-state index in [2.05, 4.69) is 5.32 Å². The quantitative estimate of drug-likeness (QED) is 0.370. The third-order valence-corrected chi connectivity index (χ3v) is 8.15. The predicted molar refractivity (Wildman–Crippen MR) is 150 cm³/mol. The molecule has 0 heterocycles. The Morgan fingerprint density at radius 2 is 1.57 bits per heavy atom. The zero-order valence-electron chi connectivity index (χ0n) is 22.3. The fourth-order valence-corrected chi connectivity index (χ4v) is 5.79. The summed E-state index contributed by atoms with van der Waals surface area (Å²) < 4.78 is 54.0. The molecule has 1 N–H and O–H groups in total. The number of sulfonamides is 1. The summed E-state index contributed by atoms with van der Waals surface area (Å²) in [5.41, 5.74) is 1.38. The average molecular weight is 570 g/mol. The van der Waals surface area contributed by atoms with Crippen LogP contribution in [0.4, 0.5) is 14.5 Å². The van der Waals surface area contributed by atoms with Gasteiger partial charge in [-0.3, -0.25) is 13.9 Å². The van der Waals surface area contributed by atoms with Crippen LogP contribution in [0, 0.1) is 11.6 Å². The maximum atomic E-state index is 14.0. The van der Waals surface area contributed by atoms with Crippen LogP contribution in [0.1, 0.15) is 36.8 Å². The molecule has 2 amide bonds. The lowest BCUT2D eigenvalue weighted by molar-refractivity contribution is -0.140. The van der Waals surface area contributed by atoms with Gasteiger partial charge in [0.1, 0.15) is 24.2 Å². The summed E-state index contributed by atoms with van der Waals surface area (Å²) in [6.45, 7) is -0.707. The summed E-state index contributed by atoms with van der Waals surface area (Å²) >= 11 is 0. The Balaban J connectivity index is 1.72. The molecule has 0 spiro atoms. The number of halogens is 2. The summed E-state index contributed by atoms with van der Waals surface area (Å²) in [5, 5.41) is 3.08. The van der Waals surface area contributed by atoms with Crippen molar-refractivity contribution in [2.24, 2.45) is 0 Å². The summed E-state index contributed by atoms with van der Waals surface area (Å²) in [7, 11) is -4.00. The first-order chi connectivity index (χ1) is 19.1. The van der Waals surface area contributed by atoms with E-state index in [4.69, 9.17) is 0 Å². The number of carbonyl (C=O) groups excluding carboxylic acids is 2. The Labute approximate surface area is 233 Å². The Morgan fingerprint density at radius 1 is 0.900 bits per heavy atom. The molecule has 0 bridgehead atoms. The molecule has 1 aliphatic carbocycles. The van der Waals surface area contributed by atoms with Crippen molar-refractivity contribution in [2.75, 3.05) is 17.1 Å². The van der Waals surface area contributed by atoms with Crippen LogP contribution in [0.25, 0.3) is 0 Å². The Hall–Kier alpha value is -3.79.